The fraction of sp³-hybridized carbons (Fsp3) is 0.786. The van der Waals surface area contributed by atoms with Crippen molar-refractivity contribution in [2.45, 2.75) is 52.4 Å². The quantitative estimate of drug-likeness (QED) is 0.928. The zero-order valence-corrected chi connectivity index (χ0v) is 13.0. The summed E-state index contributed by atoms with van der Waals surface area (Å²) in [6.45, 7) is 8.16. The van der Waals surface area contributed by atoms with Crippen molar-refractivity contribution in [1.82, 2.24) is 9.78 Å². The van der Waals surface area contributed by atoms with Crippen LogP contribution in [0, 0.1) is 18.8 Å². The normalized spacial score (nSPS) is 32.8. The standard InChI is InChI=1S/C14H23ClN2O2/c1-7-9(3)19-10(4)13(7)12(18)6-11-8(2)16-17(5)14(11)15/h7,9-10,12-13,18H,6H2,1-5H3. The van der Waals surface area contributed by atoms with Gasteiger partial charge in [0.1, 0.15) is 5.15 Å². The largest absolute Gasteiger partial charge is 0.392 e. The minimum atomic E-state index is -0.449. The minimum absolute atomic E-state index is 0.0794. The van der Waals surface area contributed by atoms with E-state index in [1.54, 1.807) is 4.68 Å². The summed E-state index contributed by atoms with van der Waals surface area (Å²) in [6.07, 6.45) is 0.361. The van der Waals surface area contributed by atoms with E-state index in [0.717, 1.165) is 11.3 Å². The molecule has 1 aromatic heterocycles. The Morgan fingerprint density at radius 3 is 2.42 bits per heavy atom. The summed E-state index contributed by atoms with van der Waals surface area (Å²) in [7, 11) is 1.82. The van der Waals surface area contributed by atoms with Crippen LogP contribution in [0.4, 0.5) is 0 Å². The van der Waals surface area contributed by atoms with Crippen LogP contribution >= 0.6 is 11.6 Å². The number of ether oxygens (including phenoxy) is 1. The molecule has 0 spiro atoms. The first-order valence-electron chi connectivity index (χ1n) is 6.84. The van der Waals surface area contributed by atoms with Gasteiger partial charge in [-0.15, -0.1) is 0 Å². The molecule has 1 N–H and O–H groups in total. The van der Waals surface area contributed by atoms with Gasteiger partial charge in [-0.3, -0.25) is 4.68 Å². The average molecular weight is 287 g/mol. The van der Waals surface area contributed by atoms with E-state index in [9.17, 15) is 5.11 Å². The van der Waals surface area contributed by atoms with Gasteiger partial charge in [0.2, 0.25) is 0 Å². The lowest BCUT2D eigenvalue weighted by Crippen LogP contribution is -2.32. The van der Waals surface area contributed by atoms with Crippen molar-refractivity contribution in [2.24, 2.45) is 18.9 Å². The van der Waals surface area contributed by atoms with Crippen molar-refractivity contribution >= 4 is 11.6 Å². The molecule has 0 bridgehead atoms. The second kappa shape index (κ2) is 5.43. The summed E-state index contributed by atoms with van der Waals surface area (Å²) < 4.78 is 7.45. The van der Waals surface area contributed by atoms with Crippen LogP contribution in [0.25, 0.3) is 0 Å². The first-order chi connectivity index (χ1) is 8.82. The molecule has 0 aliphatic carbocycles. The van der Waals surface area contributed by atoms with Gasteiger partial charge < -0.3 is 9.84 Å². The Hall–Kier alpha value is -0.580. The molecule has 1 saturated heterocycles. The summed E-state index contributed by atoms with van der Waals surface area (Å²) >= 11 is 6.22. The topological polar surface area (TPSA) is 47.3 Å². The SMILES string of the molecule is Cc1nn(C)c(Cl)c1CC(O)C1C(C)OC(C)C1C. The van der Waals surface area contributed by atoms with Gasteiger partial charge in [0.05, 0.1) is 24.0 Å². The van der Waals surface area contributed by atoms with E-state index >= 15 is 0 Å². The third-order valence-corrected chi connectivity index (χ3v) is 4.92. The van der Waals surface area contributed by atoms with Crippen molar-refractivity contribution in [3.8, 4) is 0 Å². The molecule has 1 aromatic rings. The predicted octanol–water partition coefficient (Wildman–Crippen LogP) is 2.34. The van der Waals surface area contributed by atoms with Crippen molar-refractivity contribution in [2.75, 3.05) is 0 Å². The monoisotopic (exact) mass is 286 g/mol. The van der Waals surface area contributed by atoms with Crippen LogP contribution in [-0.4, -0.2) is 33.2 Å². The summed E-state index contributed by atoms with van der Waals surface area (Å²) in [4.78, 5) is 0. The first-order valence-corrected chi connectivity index (χ1v) is 7.22. The van der Waals surface area contributed by atoms with Gasteiger partial charge in [-0.1, -0.05) is 18.5 Å². The number of aliphatic hydroxyl groups excluding tert-OH is 1. The molecular weight excluding hydrogens is 264 g/mol. The molecule has 108 valence electrons. The molecule has 5 heteroatoms. The fourth-order valence-corrected chi connectivity index (χ4v) is 3.46. The molecule has 0 saturated carbocycles. The highest BCUT2D eigenvalue weighted by atomic mass is 35.5. The van der Waals surface area contributed by atoms with E-state index in [1.807, 2.05) is 20.9 Å². The van der Waals surface area contributed by atoms with Crippen LogP contribution in [0.3, 0.4) is 0 Å². The molecule has 5 unspecified atom stereocenters. The fourth-order valence-electron chi connectivity index (χ4n) is 3.21. The number of aromatic nitrogens is 2. The number of halogens is 1. The van der Waals surface area contributed by atoms with E-state index in [0.29, 0.717) is 17.5 Å². The lowest BCUT2D eigenvalue weighted by atomic mass is 9.83. The highest BCUT2D eigenvalue weighted by Gasteiger charge is 2.41. The van der Waals surface area contributed by atoms with Crippen LogP contribution in [0.1, 0.15) is 32.0 Å². The zero-order valence-electron chi connectivity index (χ0n) is 12.2. The van der Waals surface area contributed by atoms with Crippen LogP contribution in [0.5, 0.6) is 0 Å². The highest BCUT2D eigenvalue weighted by Crippen LogP contribution is 2.36. The third kappa shape index (κ3) is 2.67. The zero-order chi connectivity index (χ0) is 14.3. The van der Waals surface area contributed by atoms with Gasteiger partial charge in [-0.2, -0.15) is 5.10 Å². The lowest BCUT2D eigenvalue weighted by Gasteiger charge is -2.24. The van der Waals surface area contributed by atoms with E-state index in [1.165, 1.54) is 0 Å². The molecule has 1 aliphatic rings. The van der Waals surface area contributed by atoms with Gasteiger partial charge in [0, 0.05) is 24.9 Å². The second-order valence-corrected chi connectivity index (χ2v) is 6.09. The van der Waals surface area contributed by atoms with Gasteiger partial charge in [0.15, 0.2) is 0 Å². The maximum absolute atomic E-state index is 10.5. The Labute approximate surface area is 119 Å². The molecule has 4 nitrogen and oxygen atoms in total. The summed E-state index contributed by atoms with van der Waals surface area (Å²) in [5, 5.41) is 15.4. The van der Waals surface area contributed by atoms with Crippen molar-refractivity contribution < 1.29 is 9.84 Å². The molecule has 0 amide bonds. The van der Waals surface area contributed by atoms with Gasteiger partial charge in [-0.05, 0) is 26.7 Å². The van der Waals surface area contributed by atoms with Gasteiger partial charge >= 0.3 is 0 Å². The summed E-state index contributed by atoms with van der Waals surface area (Å²) in [5.74, 6) is 0.492. The summed E-state index contributed by atoms with van der Waals surface area (Å²) in [5.41, 5.74) is 1.83. The lowest BCUT2D eigenvalue weighted by molar-refractivity contribution is 0.0239. The molecule has 0 aromatic carbocycles. The first kappa shape index (κ1) is 14.8. The molecule has 1 aliphatic heterocycles. The van der Waals surface area contributed by atoms with E-state index in [-0.39, 0.29) is 18.1 Å². The van der Waals surface area contributed by atoms with Crippen LogP contribution in [0.15, 0.2) is 0 Å². The van der Waals surface area contributed by atoms with E-state index in [2.05, 4.69) is 18.9 Å². The van der Waals surface area contributed by atoms with Crippen molar-refractivity contribution in [3.05, 3.63) is 16.4 Å². The van der Waals surface area contributed by atoms with Gasteiger partial charge in [-0.25, -0.2) is 0 Å². The Bertz CT molecular complexity index is 461. The number of aliphatic hydroxyl groups is 1. The Morgan fingerprint density at radius 2 is 2.00 bits per heavy atom. The van der Waals surface area contributed by atoms with Crippen molar-refractivity contribution in [1.29, 1.82) is 0 Å². The number of rotatable bonds is 3. The molecule has 1 fully saturated rings. The predicted molar refractivity (Wildman–Crippen MR) is 75.3 cm³/mol. The summed E-state index contributed by atoms with van der Waals surface area (Å²) in [6, 6.07) is 0. The Morgan fingerprint density at radius 1 is 1.37 bits per heavy atom. The van der Waals surface area contributed by atoms with Crippen LogP contribution < -0.4 is 0 Å². The van der Waals surface area contributed by atoms with Gasteiger partial charge in [0.25, 0.3) is 0 Å². The Kier molecular flexibility index (Phi) is 4.23. The van der Waals surface area contributed by atoms with E-state index < -0.39 is 6.10 Å². The second-order valence-electron chi connectivity index (χ2n) is 5.73. The smallest absolute Gasteiger partial charge is 0.130 e. The molecule has 0 radical (unpaired) electrons. The van der Waals surface area contributed by atoms with Crippen LogP contribution in [0.2, 0.25) is 5.15 Å². The highest BCUT2D eigenvalue weighted by molar-refractivity contribution is 6.30. The molecule has 5 atom stereocenters. The van der Waals surface area contributed by atoms with E-state index in [4.69, 9.17) is 16.3 Å². The molecule has 2 heterocycles. The Balaban J connectivity index is 2.15. The number of nitrogens with zero attached hydrogens (tertiary/aromatic N) is 2. The minimum Gasteiger partial charge on any atom is -0.392 e. The van der Waals surface area contributed by atoms with Crippen LogP contribution in [-0.2, 0) is 18.2 Å². The number of hydrogen-bond acceptors (Lipinski definition) is 3. The average Bonchev–Trinajstić information content (AvgIpc) is 2.70. The number of hydrogen-bond donors (Lipinski definition) is 1. The van der Waals surface area contributed by atoms with Crippen molar-refractivity contribution in [3.63, 3.8) is 0 Å². The molecule has 2 rings (SSSR count). The third-order valence-electron chi connectivity index (χ3n) is 4.45. The maximum atomic E-state index is 10.5. The molecular formula is C14H23ClN2O2. The number of aryl methyl sites for hydroxylation is 2. The maximum Gasteiger partial charge on any atom is 0.130 e. The molecule has 19 heavy (non-hydrogen) atoms.